The number of benzene rings is 1. The molecule has 1 N–H and O–H groups in total. The number of anilines is 1. The van der Waals surface area contributed by atoms with E-state index in [2.05, 4.69) is 5.16 Å². The van der Waals surface area contributed by atoms with Crippen LogP contribution in [0.4, 0.5) is 5.69 Å². The van der Waals surface area contributed by atoms with E-state index in [-0.39, 0.29) is 18.0 Å². The van der Waals surface area contributed by atoms with Crippen molar-refractivity contribution in [1.82, 2.24) is 5.16 Å². The van der Waals surface area contributed by atoms with E-state index in [1.165, 1.54) is 16.4 Å². The Morgan fingerprint density at radius 1 is 1.35 bits per heavy atom. The molecule has 0 fully saturated rings. The summed E-state index contributed by atoms with van der Waals surface area (Å²) in [7, 11) is -3.58. The van der Waals surface area contributed by atoms with E-state index in [1.807, 2.05) is 0 Å². The van der Waals surface area contributed by atoms with Gasteiger partial charge in [-0.25, -0.2) is 8.42 Å². The van der Waals surface area contributed by atoms with E-state index in [4.69, 9.17) is 4.52 Å². The molecule has 0 spiro atoms. The molecular weight excluding hydrogens is 280 g/mol. The Morgan fingerprint density at radius 3 is 2.65 bits per heavy atom. The predicted octanol–water partition coefficient (Wildman–Crippen LogP) is 2.04. The third kappa shape index (κ3) is 3.11. The summed E-state index contributed by atoms with van der Waals surface area (Å²) in [6.07, 6.45) is 0. The molecule has 0 atom stereocenters. The Bertz CT molecular complexity index is 694. The number of hydrogen-bond acceptors (Lipinski definition) is 5. The highest BCUT2D eigenvalue weighted by Crippen LogP contribution is 2.24. The lowest BCUT2D eigenvalue weighted by molar-refractivity contribution is 0.392. The summed E-state index contributed by atoms with van der Waals surface area (Å²) in [6.45, 7) is 3.70. The average Bonchev–Trinajstić information content (AvgIpc) is 2.74. The van der Waals surface area contributed by atoms with Gasteiger partial charge in [-0.1, -0.05) is 11.2 Å². The average molecular weight is 296 g/mol. The first kappa shape index (κ1) is 14.4. The Hall–Kier alpha value is -2.02. The molecule has 2 rings (SSSR count). The third-order valence-electron chi connectivity index (χ3n) is 2.75. The van der Waals surface area contributed by atoms with Crippen LogP contribution in [-0.2, 0) is 15.8 Å². The summed E-state index contributed by atoms with van der Waals surface area (Å²) >= 11 is 0. The number of rotatable bonds is 5. The van der Waals surface area contributed by atoms with Gasteiger partial charge in [0.2, 0.25) is 10.0 Å². The fourth-order valence-corrected chi connectivity index (χ4v) is 3.43. The molecule has 1 aromatic carbocycles. The van der Waals surface area contributed by atoms with Crippen LogP contribution in [0.1, 0.15) is 18.4 Å². The van der Waals surface area contributed by atoms with Gasteiger partial charge in [0.1, 0.15) is 23.0 Å². The maximum Gasteiger partial charge on any atom is 0.241 e. The van der Waals surface area contributed by atoms with Gasteiger partial charge in [-0.15, -0.1) is 0 Å². The number of phenolic OH excluding ortho intramolecular Hbond substituents is 1. The molecular formula is C13H16N2O4S. The minimum atomic E-state index is -3.58. The smallest absolute Gasteiger partial charge is 0.241 e. The molecule has 0 aliphatic heterocycles. The molecule has 0 radical (unpaired) electrons. The quantitative estimate of drug-likeness (QED) is 0.913. The van der Waals surface area contributed by atoms with Crippen molar-refractivity contribution in [3.63, 3.8) is 0 Å². The van der Waals surface area contributed by atoms with Gasteiger partial charge in [-0.3, -0.25) is 4.31 Å². The van der Waals surface area contributed by atoms with Crippen LogP contribution in [0.2, 0.25) is 0 Å². The molecule has 0 saturated heterocycles. The second-order valence-corrected chi connectivity index (χ2v) is 6.26. The number of nitrogens with zero attached hydrogens (tertiary/aromatic N) is 2. The normalized spacial score (nSPS) is 11.5. The molecule has 0 bridgehead atoms. The Balaban J connectivity index is 2.30. The van der Waals surface area contributed by atoms with Crippen LogP contribution in [0, 0.1) is 6.92 Å². The van der Waals surface area contributed by atoms with Crippen molar-refractivity contribution in [1.29, 1.82) is 0 Å². The van der Waals surface area contributed by atoms with Crippen molar-refractivity contribution in [3.8, 4) is 5.75 Å². The molecule has 7 heteroatoms. The molecule has 0 amide bonds. The molecule has 108 valence electrons. The first-order valence-corrected chi connectivity index (χ1v) is 7.75. The van der Waals surface area contributed by atoms with Gasteiger partial charge >= 0.3 is 0 Å². The van der Waals surface area contributed by atoms with E-state index in [9.17, 15) is 13.5 Å². The maximum absolute atomic E-state index is 12.4. The van der Waals surface area contributed by atoms with Gasteiger partial charge in [0, 0.05) is 18.7 Å². The number of hydrogen-bond donors (Lipinski definition) is 1. The summed E-state index contributed by atoms with van der Waals surface area (Å²) in [6, 6.07) is 7.73. The highest BCUT2D eigenvalue weighted by molar-refractivity contribution is 7.92. The van der Waals surface area contributed by atoms with Gasteiger partial charge in [-0.2, -0.15) is 0 Å². The van der Waals surface area contributed by atoms with Gasteiger partial charge in [0.05, 0.1) is 5.69 Å². The van der Waals surface area contributed by atoms with Gasteiger partial charge < -0.3 is 9.63 Å². The highest BCUT2D eigenvalue weighted by atomic mass is 32.2. The molecule has 1 heterocycles. The summed E-state index contributed by atoms with van der Waals surface area (Å²) in [5, 5.41) is 13.2. The molecule has 20 heavy (non-hydrogen) atoms. The first-order chi connectivity index (χ1) is 9.42. The van der Waals surface area contributed by atoms with Gasteiger partial charge in [0.15, 0.2) is 0 Å². The largest absolute Gasteiger partial charge is 0.508 e. The molecule has 0 saturated carbocycles. The van der Waals surface area contributed by atoms with Crippen molar-refractivity contribution in [2.75, 3.05) is 10.8 Å². The Labute approximate surface area is 117 Å². The first-order valence-electron chi connectivity index (χ1n) is 6.14. The van der Waals surface area contributed by atoms with Crippen molar-refractivity contribution in [2.24, 2.45) is 0 Å². The third-order valence-corrected chi connectivity index (χ3v) is 4.55. The van der Waals surface area contributed by atoms with Crippen LogP contribution < -0.4 is 4.31 Å². The van der Waals surface area contributed by atoms with E-state index in [0.717, 1.165) is 0 Å². The molecule has 0 unspecified atom stereocenters. The standard InChI is InChI=1S/C13H16N2O4S/c1-3-15(12-5-4-6-13(16)8-12)20(17,18)9-11-7-10(2)19-14-11/h4-8,16H,3,9H2,1-2H3. The number of phenols is 1. The summed E-state index contributed by atoms with van der Waals surface area (Å²) in [5.41, 5.74) is 0.786. The number of aryl methyl sites for hydroxylation is 1. The summed E-state index contributed by atoms with van der Waals surface area (Å²) in [4.78, 5) is 0. The topological polar surface area (TPSA) is 83.6 Å². The highest BCUT2D eigenvalue weighted by Gasteiger charge is 2.23. The summed E-state index contributed by atoms with van der Waals surface area (Å²) < 4.78 is 30.9. The molecule has 1 aromatic heterocycles. The molecule has 0 aliphatic rings. The predicted molar refractivity (Wildman–Crippen MR) is 75.0 cm³/mol. The number of aromatic hydroxyl groups is 1. The minimum absolute atomic E-state index is 0.0217. The van der Waals surface area contributed by atoms with E-state index >= 15 is 0 Å². The lowest BCUT2D eigenvalue weighted by atomic mass is 10.3. The van der Waals surface area contributed by atoms with Crippen LogP contribution >= 0.6 is 0 Å². The van der Waals surface area contributed by atoms with Crippen molar-refractivity contribution >= 4 is 15.7 Å². The van der Waals surface area contributed by atoms with E-state index < -0.39 is 10.0 Å². The van der Waals surface area contributed by atoms with Crippen LogP contribution in [0.5, 0.6) is 5.75 Å². The van der Waals surface area contributed by atoms with Crippen molar-refractivity contribution in [2.45, 2.75) is 19.6 Å². The zero-order valence-corrected chi connectivity index (χ0v) is 12.1. The zero-order chi connectivity index (χ0) is 14.8. The van der Waals surface area contributed by atoms with Crippen LogP contribution in [-0.4, -0.2) is 25.2 Å². The zero-order valence-electron chi connectivity index (χ0n) is 11.3. The molecule has 6 nitrogen and oxygen atoms in total. The molecule has 2 aromatic rings. The van der Waals surface area contributed by atoms with E-state index in [0.29, 0.717) is 17.1 Å². The van der Waals surface area contributed by atoms with Crippen molar-refractivity contribution in [3.05, 3.63) is 41.8 Å². The second-order valence-electron chi connectivity index (χ2n) is 4.37. The lowest BCUT2D eigenvalue weighted by Gasteiger charge is -2.22. The van der Waals surface area contributed by atoms with Crippen LogP contribution in [0.15, 0.2) is 34.9 Å². The SMILES string of the molecule is CCN(c1cccc(O)c1)S(=O)(=O)Cc1cc(C)on1. The fourth-order valence-electron chi connectivity index (χ4n) is 1.94. The number of sulfonamides is 1. The Kier molecular flexibility index (Phi) is 3.99. The Morgan fingerprint density at radius 2 is 2.10 bits per heavy atom. The fraction of sp³-hybridized carbons (Fsp3) is 0.308. The van der Waals surface area contributed by atoms with E-state index in [1.54, 1.807) is 32.0 Å². The maximum atomic E-state index is 12.4. The monoisotopic (exact) mass is 296 g/mol. The number of aromatic nitrogens is 1. The van der Waals surface area contributed by atoms with Crippen molar-refractivity contribution < 1.29 is 18.0 Å². The lowest BCUT2D eigenvalue weighted by Crippen LogP contribution is -2.31. The van der Waals surface area contributed by atoms with Crippen LogP contribution in [0.25, 0.3) is 0 Å². The second kappa shape index (κ2) is 5.54. The summed E-state index contributed by atoms with van der Waals surface area (Å²) in [5.74, 6) is 0.345. The van der Waals surface area contributed by atoms with Crippen LogP contribution in [0.3, 0.4) is 0 Å². The molecule has 0 aliphatic carbocycles. The van der Waals surface area contributed by atoms with Gasteiger partial charge in [-0.05, 0) is 26.0 Å². The van der Waals surface area contributed by atoms with Gasteiger partial charge in [0.25, 0.3) is 0 Å². The minimum Gasteiger partial charge on any atom is -0.508 e.